The first kappa shape index (κ1) is 11.6. The second-order valence-corrected chi connectivity index (χ2v) is 5.69. The summed E-state index contributed by atoms with van der Waals surface area (Å²) in [5.41, 5.74) is 4.21. The molecule has 2 nitrogen and oxygen atoms in total. The minimum atomic E-state index is -0.140. The molecule has 3 aliphatic carbocycles. The first-order valence-corrected chi connectivity index (χ1v) is 6.98. The third-order valence-corrected chi connectivity index (χ3v) is 4.56. The first-order chi connectivity index (χ1) is 9.74. The van der Waals surface area contributed by atoms with E-state index in [1.54, 1.807) is 6.08 Å². The molecule has 0 bridgehead atoms. The van der Waals surface area contributed by atoms with E-state index in [0.29, 0.717) is 6.42 Å². The lowest BCUT2D eigenvalue weighted by Crippen LogP contribution is -2.35. The molecular weight excluding hydrogens is 248 g/mol. The molecule has 0 saturated heterocycles. The van der Waals surface area contributed by atoms with Crippen molar-refractivity contribution in [2.24, 2.45) is 11.8 Å². The molecule has 1 aromatic rings. The van der Waals surface area contributed by atoms with Crippen LogP contribution in [0.2, 0.25) is 0 Å². The van der Waals surface area contributed by atoms with Crippen LogP contribution < -0.4 is 0 Å². The smallest absolute Gasteiger partial charge is 0.170 e. The molecule has 0 amide bonds. The van der Waals surface area contributed by atoms with Crippen molar-refractivity contribution < 1.29 is 9.59 Å². The zero-order valence-electron chi connectivity index (χ0n) is 11.0. The van der Waals surface area contributed by atoms with Crippen LogP contribution in [0.5, 0.6) is 0 Å². The molecule has 0 heterocycles. The highest BCUT2D eigenvalue weighted by molar-refractivity contribution is 6.04. The number of ketones is 2. The summed E-state index contributed by atoms with van der Waals surface area (Å²) < 4.78 is 0. The summed E-state index contributed by atoms with van der Waals surface area (Å²) in [6, 6.07) is 7.82. The summed E-state index contributed by atoms with van der Waals surface area (Å²) in [6.07, 6.45) is 8.92. The van der Waals surface area contributed by atoms with Crippen molar-refractivity contribution in [3.05, 3.63) is 70.8 Å². The molecule has 3 aliphatic rings. The van der Waals surface area contributed by atoms with Crippen molar-refractivity contribution in [1.29, 1.82) is 0 Å². The Morgan fingerprint density at radius 3 is 2.75 bits per heavy atom. The SMILES string of the molecule is O=C1C=CC2=CC=C3Cc4ccccc4C(=O)C3C2C1. The third-order valence-electron chi connectivity index (χ3n) is 4.56. The molecule has 0 aromatic heterocycles. The van der Waals surface area contributed by atoms with Crippen molar-refractivity contribution in [1.82, 2.24) is 0 Å². The van der Waals surface area contributed by atoms with Crippen LogP contribution in [-0.2, 0) is 11.2 Å². The molecule has 2 unspecified atom stereocenters. The van der Waals surface area contributed by atoms with E-state index in [0.717, 1.165) is 28.7 Å². The number of Topliss-reactive ketones (excluding diaryl/α,β-unsaturated/α-hetero) is 1. The number of fused-ring (bicyclic) bond motifs is 4. The van der Waals surface area contributed by atoms with Gasteiger partial charge in [0.15, 0.2) is 11.6 Å². The van der Waals surface area contributed by atoms with Gasteiger partial charge in [-0.05, 0) is 23.6 Å². The van der Waals surface area contributed by atoms with Crippen molar-refractivity contribution >= 4 is 11.6 Å². The van der Waals surface area contributed by atoms with E-state index < -0.39 is 0 Å². The zero-order chi connectivity index (χ0) is 13.7. The summed E-state index contributed by atoms with van der Waals surface area (Å²) in [4.78, 5) is 24.5. The molecule has 20 heavy (non-hydrogen) atoms. The Hall–Kier alpha value is -2.22. The van der Waals surface area contributed by atoms with Gasteiger partial charge in [-0.1, -0.05) is 48.1 Å². The molecule has 1 aromatic carbocycles. The predicted molar refractivity (Wildman–Crippen MR) is 76.4 cm³/mol. The van der Waals surface area contributed by atoms with Crippen molar-refractivity contribution in [3.63, 3.8) is 0 Å². The minimum absolute atomic E-state index is 0.0355. The van der Waals surface area contributed by atoms with Crippen LogP contribution >= 0.6 is 0 Å². The Kier molecular flexibility index (Phi) is 2.40. The maximum Gasteiger partial charge on any atom is 0.170 e. The molecule has 0 fully saturated rings. The number of carbonyl (C=O) groups excluding carboxylic acids is 2. The Balaban J connectivity index is 1.84. The number of benzene rings is 1. The van der Waals surface area contributed by atoms with Gasteiger partial charge in [-0.2, -0.15) is 0 Å². The van der Waals surface area contributed by atoms with Crippen LogP contribution in [0, 0.1) is 11.8 Å². The maximum absolute atomic E-state index is 12.8. The van der Waals surface area contributed by atoms with Crippen LogP contribution in [0.15, 0.2) is 59.7 Å². The van der Waals surface area contributed by atoms with E-state index in [2.05, 4.69) is 12.2 Å². The largest absolute Gasteiger partial charge is 0.295 e. The lowest BCUT2D eigenvalue weighted by atomic mass is 9.65. The van der Waals surface area contributed by atoms with Gasteiger partial charge in [-0.3, -0.25) is 9.59 Å². The van der Waals surface area contributed by atoms with Crippen LogP contribution in [0.1, 0.15) is 22.3 Å². The molecule has 0 saturated carbocycles. The van der Waals surface area contributed by atoms with Gasteiger partial charge < -0.3 is 0 Å². The van der Waals surface area contributed by atoms with Crippen molar-refractivity contribution in [2.45, 2.75) is 12.8 Å². The second kappa shape index (κ2) is 4.14. The van der Waals surface area contributed by atoms with Gasteiger partial charge in [0.05, 0.1) is 5.92 Å². The summed E-state index contributed by atoms with van der Waals surface area (Å²) in [7, 11) is 0. The Morgan fingerprint density at radius 2 is 1.85 bits per heavy atom. The number of hydrogen-bond donors (Lipinski definition) is 0. The van der Waals surface area contributed by atoms with Crippen LogP contribution in [0.4, 0.5) is 0 Å². The highest BCUT2D eigenvalue weighted by Crippen LogP contribution is 2.43. The highest BCUT2D eigenvalue weighted by Gasteiger charge is 2.40. The summed E-state index contributed by atoms with van der Waals surface area (Å²) in [5, 5.41) is 0. The average molecular weight is 262 g/mol. The summed E-state index contributed by atoms with van der Waals surface area (Å²) in [6.45, 7) is 0. The lowest BCUT2D eigenvalue weighted by molar-refractivity contribution is -0.115. The zero-order valence-corrected chi connectivity index (χ0v) is 11.0. The number of rotatable bonds is 0. The molecule has 2 atom stereocenters. The predicted octanol–water partition coefficient (Wildman–Crippen LogP) is 3.05. The minimum Gasteiger partial charge on any atom is -0.295 e. The van der Waals surface area contributed by atoms with Crippen molar-refractivity contribution in [2.75, 3.05) is 0 Å². The number of carbonyl (C=O) groups is 2. The molecular formula is C18H14O2. The molecule has 0 spiro atoms. The van der Waals surface area contributed by atoms with E-state index in [4.69, 9.17) is 0 Å². The molecule has 2 heteroatoms. The molecule has 0 N–H and O–H groups in total. The van der Waals surface area contributed by atoms with Gasteiger partial charge in [0.25, 0.3) is 0 Å². The van der Waals surface area contributed by atoms with Crippen LogP contribution in [0.25, 0.3) is 0 Å². The van der Waals surface area contributed by atoms with E-state index in [9.17, 15) is 9.59 Å². The first-order valence-electron chi connectivity index (χ1n) is 6.98. The normalized spacial score (nSPS) is 27.2. The van der Waals surface area contributed by atoms with Gasteiger partial charge in [0.2, 0.25) is 0 Å². The molecule has 4 rings (SSSR count). The molecule has 0 aliphatic heterocycles. The molecule has 0 radical (unpaired) electrons. The number of hydrogen-bond acceptors (Lipinski definition) is 2. The van der Waals surface area contributed by atoms with E-state index >= 15 is 0 Å². The summed E-state index contributed by atoms with van der Waals surface area (Å²) in [5.74, 6) is 0.198. The van der Waals surface area contributed by atoms with E-state index in [1.807, 2.05) is 30.3 Å². The standard InChI is InChI=1S/C18H14O2/c19-14-8-7-11-5-6-13-9-12-3-1-2-4-15(12)18(20)17(13)16(11)10-14/h1-8,16-17H,9-10H2. The van der Waals surface area contributed by atoms with Gasteiger partial charge in [0, 0.05) is 17.9 Å². The fourth-order valence-corrected chi connectivity index (χ4v) is 3.59. The fraction of sp³-hybridized carbons (Fsp3) is 0.222. The van der Waals surface area contributed by atoms with Gasteiger partial charge in [-0.25, -0.2) is 0 Å². The van der Waals surface area contributed by atoms with E-state index in [1.165, 1.54) is 0 Å². The monoisotopic (exact) mass is 262 g/mol. The quantitative estimate of drug-likeness (QED) is 0.720. The average Bonchev–Trinajstić information content (AvgIpc) is 2.47. The summed E-state index contributed by atoms with van der Waals surface area (Å²) >= 11 is 0. The number of allylic oxidation sites excluding steroid dienone is 6. The lowest BCUT2D eigenvalue weighted by Gasteiger charge is -2.36. The fourth-order valence-electron chi connectivity index (χ4n) is 3.59. The van der Waals surface area contributed by atoms with E-state index in [-0.39, 0.29) is 23.4 Å². The Morgan fingerprint density at radius 1 is 1.00 bits per heavy atom. The third kappa shape index (κ3) is 1.58. The topological polar surface area (TPSA) is 34.1 Å². The Bertz CT molecular complexity index is 719. The van der Waals surface area contributed by atoms with Gasteiger partial charge >= 0.3 is 0 Å². The second-order valence-electron chi connectivity index (χ2n) is 5.69. The maximum atomic E-state index is 12.8. The molecule has 98 valence electrons. The van der Waals surface area contributed by atoms with Gasteiger partial charge in [0.1, 0.15) is 0 Å². The highest BCUT2D eigenvalue weighted by atomic mass is 16.1. The van der Waals surface area contributed by atoms with Crippen LogP contribution in [0.3, 0.4) is 0 Å². The van der Waals surface area contributed by atoms with Crippen molar-refractivity contribution in [3.8, 4) is 0 Å². The Labute approximate surface area is 117 Å². The van der Waals surface area contributed by atoms with Gasteiger partial charge in [-0.15, -0.1) is 0 Å². The van der Waals surface area contributed by atoms with Crippen LogP contribution in [-0.4, -0.2) is 11.6 Å².